The van der Waals surface area contributed by atoms with Crippen LogP contribution in [-0.4, -0.2) is 42.8 Å². The average Bonchev–Trinajstić information content (AvgIpc) is 3.08. The Labute approximate surface area is 136 Å². The number of aromatic nitrogens is 2. The third kappa shape index (κ3) is 4.91. The van der Waals surface area contributed by atoms with Gasteiger partial charge in [-0.15, -0.1) is 0 Å². The van der Waals surface area contributed by atoms with Gasteiger partial charge < -0.3 is 24.7 Å². The maximum Gasteiger partial charge on any atom is 0.195 e. The number of guanidine groups is 1. The highest BCUT2D eigenvalue weighted by molar-refractivity contribution is 5.93. The molecular weight excluding hydrogens is 294 g/mol. The lowest BCUT2D eigenvalue weighted by molar-refractivity contribution is 0.311. The molecule has 23 heavy (non-hydrogen) atoms. The van der Waals surface area contributed by atoms with Crippen LogP contribution in [0.5, 0.6) is 11.5 Å². The van der Waals surface area contributed by atoms with Crippen LogP contribution < -0.4 is 20.1 Å². The number of rotatable bonds is 7. The Hall–Kier alpha value is -2.70. The lowest BCUT2D eigenvalue weighted by Crippen LogP contribution is -2.33. The predicted molar refractivity (Wildman–Crippen MR) is 91.4 cm³/mol. The molecule has 1 aromatic carbocycles. The fourth-order valence-corrected chi connectivity index (χ4v) is 2.06. The van der Waals surface area contributed by atoms with Crippen LogP contribution in [0.2, 0.25) is 0 Å². The van der Waals surface area contributed by atoms with Crippen LogP contribution in [0.3, 0.4) is 0 Å². The van der Waals surface area contributed by atoms with Gasteiger partial charge in [-0.25, -0.2) is 4.98 Å². The molecule has 0 saturated heterocycles. The van der Waals surface area contributed by atoms with Crippen molar-refractivity contribution < 1.29 is 9.47 Å². The van der Waals surface area contributed by atoms with Gasteiger partial charge in [0.25, 0.3) is 0 Å². The topological polar surface area (TPSA) is 72.7 Å². The van der Waals surface area contributed by atoms with Crippen molar-refractivity contribution in [3.63, 3.8) is 0 Å². The van der Waals surface area contributed by atoms with Crippen molar-refractivity contribution in [2.75, 3.05) is 32.6 Å². The second kappa shape index (κ2) is 8.67. The van der Waals surface area contributed by atoms with E-state index in [9.17, 15) is 0 Å². The largest absolute Gasteiger partial charge is 0.493 e. The van der Waals surface area contributed by atoms with E-state index in [-0.39, 0.29) is 0 Å². The summed E-state index contributed by atoms with van der Waals surface area (Å²) >= 11 is 0. The molecule has 0 fully saturated rings. The molecule has 7 nitrogen and oxygen atoms in total. The number of nitrogens with zero attached hydrogens (tertiary/aromatic N) is 3. The molecule has 124 valence electrons. The van der Waals surface area contributed by atoms with E-state index in [4.69, 9.17) is 9.47 Å². The van der Waals surface area contributed by atoms with E-state index in [2.05, 4.69) is 20.6 Å². The van der Waals surface area contributed by atoms with Gasteiger partial charge in [0.15, 0.2) is 17.5 Å². The first-order valence-electron chi connectivity index (χ1n) is 7.51. The number of ether oxygens (including phenoxy) is 2. The first-order valence-corrected chi connectivity index (χ1v) is 7.51. The molecule has 2 rings (SSSR count). The van der Waals surface area contributed by atoms with Crippen molar-refractivity contribution >= 4 is 11.6 Å². The lowest BCUT2D eigenvalue weighted by Gasteiger charge is -2.14. The van der Waals surface area contributed by atoms with Crippen LogP contribution in [0.25, 0.3) is 0 Å². The second-order valence-corrected chi connectivity index (χ2v) is 4.72. The standard InChI is InChI=1S/C16H23N5O2/c1-4-23-15-11-13(5-6-14(15)22-3)20-16(17-2)19-8-10-21-9-7-18-12-21/h5-7,9,11-12H,4,8,10H2,1-3H3,(H2,17,19,20). The van der Waals surface area contributed by atoms with Gasteiger partial charge in [0.2, 0.25) is 0 Å². The number of aliphatic imine (C=N–C) groups is 1. The fourth-order valence-electron chi connectivity index (χ4n) is 2.06. The zero-order valence-corrected chi connectivity index (χ0v) is 13.7. The van der Waals surface area contributed by atoms with Crippen LogP contribution in [0, 0.1) is 0 Å². The van der Waals surface area contributed by atoms with E-state index in [1.807, 2.05) is 35.9 Å². The monoisotopic (exact) mass is 317 g/mol. The SMILES string of the molecule is CCOc1cc(NC(=NC)NCCn2ccnc2)ccc1OC. The third-order valence-corrected chi connectivity index (χ3v) is 3.17. The summed E-state index contributed by atoms with van der Waals surface area (Å²) in [6.45, 7) is 4.08. The van der Waals surface area contributed by atoms with Crippen LogP contribution >= 0.6 is 0 Å². The van der Waals surface area contributed by atoms with Crippen molar-refractivity contribution in [1.82, 2.24) is 14.9 Å². The second-order valence-electron chi connectivity index (χ2n) is 4.72. The van der Waals surface area contributed by atoms with Gasteiger partial charge in [0.05, 0.1) is 20.0 Å². The van der Waals surface area contributed by atoms with E-state index in [1.54, 1.807) is 26.7 Å². The Morgan fingerprint density at radius 1 is 1.35 bits per heavy atom. The highest BCUT2D eigenvalue weighted by Crippen LogP contribution is 2.30. The summed E-state index contributed by atoms with van der Waals surface area (Å²) in [5.41, 5.74) is 0.880. The maximum absolute atomic E-state index is 5.58. The molecule has 1 aromatic heterocycles. The third-order valence-electron chi connectivity index (χ3n) is 3.17. The molecule has 0 radical (unpaired) electrons. The number of imidazole rings is 1. The molecule has 0 amide bonds. The smallest absolute Gasteiger partial charge is 0.195 e. The average molecular weight is 317 g/mol. The Balaban J connectivity index is 1.94. The number of anilines is 1. The van der Waals surface area contributed by atoms with E-state index >= 15 is 0 Å². The van der Waals surface area contributed by atoms with Crippen LogP contribution in [-0.2, 0) is 6.54 Å². The quantitative estimate of drug-likeness (QED) is 0.603. The number of hydrogen-bond donors (Lipinski definition) is 2. The zero-order chi connectivity index (χ0) is 16.5. The highest BCUT2D eigenvalue weighted by Gasteiger charge is 2.06. The minimum Gasteiger partial charge on any atom is -0.493 e. The van der Waals surface area contributed by atoms with Crippen LogP contribution in [0.4, 0.5) is 5.69 Å². The molecule has 0 saturated carbocycles. The summed E-state index contributed by atoms with van der Waals surface area (Å²) in [4.78, 5) is 8.23. The van der Waals surface area contributed by atoms with Gasteiger partial charge in [-0.2, -0.15) is 0 Å². The normalized spacial score (nSPS) is 11.2. The number of benzene rings is 1. The molecule has 0 aliphatic rings. The molecule has 1 heterocycles. The van der Waals surface area contributed by atoms with Crippen molar-refractivity contribution in [1.29, 1.82) is 0 Å². The summed E-state index contributed by atoms with van der Waals surface area (Å²) in [6.07, 6.45) is 5.48. The van der Waals surface area contributed by atoms with Gasteiger partial charge in [-0.3, -0.25) is 4.99 Å². The molecule has 2 aromatic rings. The summed E-state index contributed by atoms with van der Waals surface area (Å²) in [5.74, 6) is 2.10. The Kier molecular flexibility index (Phi) is 6.28. The number of methoxy groups -OCH3 is 1. The van der Waals surface area contributed by atoms with Crippen molar-refractivity contribution in [2.24, 2.45) is 4.99 Å². The first-order chi connectivity index (χ1) is 11.3. The van der Waals surface area contributed by atoms with E-state index in [0.29, 0.717) is 24.1 Å². The molecule has 0 aliphatic heterocycles. The molecule has 0 unspecified atom stereocenters. The number of nitrogens with one attached hydrogen (secondary N) is 2. The maximum atomic E-state index is 5.58. The fraction of sp³-hybridized carbons (Fsp3) is 0.375. The Morgan fingerprint density at radius 3 is 2.87 bits per heavy atom. The van der Waals surface area contributed by atoms with Crippen molar-refractivity contribution in [3.8, 4) is 11.5 Å². The molecule has 0 bridgehead atoms. The molecular formula is C16H23N5O2. The van der Waals surface area contributed by atoms with Gasteiger partial charge in [0.1, 0.15) is 0 Å². The zero-order valence-electron chi connectivity index (χ0n) is 13.7. The molecule has 0 atom stereocenters. The number of hydrogen-bond acceptors (Lipinski definition) is 4. The lowest BCUT2D eigenvalue weighted by atomic mass is 10.2. The summed E-state index contributed by atoms with van der Waals surface area (Å²) < 4.78 is 12.9. The van der Waals surface area contributed by atoms with E-state index < -0.39 is 0 Å². The molecule has 0 aliphatic carbocycles. The van der Waals surface area contributed by atoms with Crippen molar-refractivity contribution in [3.05, 3.63) is 36.9 Å². The molecule has 0 spiro atoms. The summed E-state index contributed by atoms with van der Waals surface area (Å²) in [7, 11) is 3.36. The summed E-state index contributed by atoms with van der Waals surface area (Å²) in [6, 6.07) is 5.68. The van der Waals surface area contributed by atoms with Crippen molar-refractivity contribution in [2.45, 2.75) is 13.5 Å². The van der Waals surface area contributed by atoms with Gasteiger partial charge >= 0.3 is 0 Å². The summed E-state index contributed by atoms with van der Waals surface area (Å²) in [5, 5.41) is 6.49. The predicted octanol–water partition coefficient (Wildman–Crippen LogP) is 1.98. The molecule has 2 N–H and O–H groups in total. The minimum absolute atomic E-state index is 0.581. The van der Waals surface area contributed by atoms with E-state index in [0.717, 1.165) is 18.8 Å². The van der Waals surface area contributed by atoms with E-state index in [1.165, 1.54) is 0 Å². The highest BCUT2D eigenvalue weighted by atomic mass is 16.5. The van der Waals surface area contributed by atoms with Gasteiger partial charge in [-0.1, -0.05) is 0 Å². The Morgan fingerprint density at radius 2 is 2.22 bits per heavy atom. The first kappa shape index (κ1) is 16.7. The van der Waals surface area contributed by atoms with Gasteiger partial charge in [-0.05, 0) is 19.1 Å². The Bertz CT molecular complexity index is 625. The molecule has 7 heteroatoms. The van der Waals surface area contributed by atoms with Crippen LogP contribution in [0.15, 0.2) is 41.9 Å². The minimum atomic E-state index is 0.581. The van der Waals surface area contributed by atoms with Gasteiger partial charge in [0, 0.05) is 44.3 Å². The van der Waals surface area contributed by atoms with Crippen LogP contribution in [0.1, 0.15) is 6.92 Å².